The Labute approximate surface area is 193 Å². The third-order valence-corrected chi connectivity index (χ3v) is 5.23. The number of hydrogen-bond acceptors (Lipinski definition) is 7. The number of carbonyl (C=O) groups is 1. The third-order valence-electron chi connectivity index (χ3n) is 5.23. The molecule has 9 nitrogen and oxygen atoms in total. The Kier molecular flexibility index (Phi) is 5.65. The second-order valence-electron chi connectivity index (χ2n) is 7.52. The molecule has 0 aliphatic carbocycles. The minimum absolute atomic E-state index is 0.118. The van der Waals surface area contributed by atoms with E-state index in [0.717, 1.165) is 10.9 Å². The zero-order valence-corrected chi connectivity index (χ0v) is 18.2. The summed E-state index contributed by atoms with van der Waals surface area (Å²) in [5, 5.41) is 3.53. The number of carbonyl (C=O) groups excluding carboxylic acids is 1. The molecule has 0 radical (unpaired) electrons. The molecule has 0 bridgehead atoms. The second-order valence-corrected chi connectivity index (χ2v) is 7.52. The van der Waals surface area contributed by atoms with Crippen molar-refractivity contribution in [1.29, 1.82) is 0 Å². The van der Waals surface area contributed by atoms with E-state index in [4.69, 9.17) is 13.9 Å². The molecule has 5 rings (SSSR count). The minimum atomic E-state index is -0.424. The molecule has 9 heteroatoms. The Morgan fingerprint density at radius 3 is 2.82 bits per heavy atom. The SMILES string of the molecule is COc1ccc(NC(=O)Cn2cnc3c(oc4ccccc43)c2=O)cc1OCc1cccnc1. The molecular formula is C25H20N4O5. The summed E-state index contributed by atoms with van der Waals surface area (Å²) in [4.78, 5) is 33.9. The van der Waals surface area contributed by atoms with Gasteiger partial charge in [-0.05, 0) is 30.3 Å². The lowest BCUT2D eigenvalue weighted by atomic mass is 10.2. The fraction of sp³-hybridized carbons (Fsp3) is 0.120. The van der Waals surface area contributed by atoms with Gasteiger partial charge in [0.05, 0.1) is 13.4 Å². The smallest absolute Gasteiger partial charge is 0.297 e. The molecule has 0 saturated heterocycles. The van der Waals surface area contributed by atoms with E-state index in [2.05, 4.69) is 15.3 Å². The summed E-state index contributed by atoms with van der Waals surface area (Å²) in [5.41, 5.74) is 2.13. The topological polar surface area (TPSA) is 108 Å². The van der Waals surface area contributed by atoms with Crippen molar-refractivity contribution in [3.8, 4) is 11.5 Å². The van der Waals surface area contributed by atoms with Gasteiger partial charge in [-0.15, -0.1) is 0 Å². The average Bonchev–Trinajstić information content (AvgIpc) is 3.25. The van der Waals surface area contributed by atoms with Crippen molar-refractivity contribution in [2.75, 3.05) is 12.4 Å². The zero-order valence-electron chi connectivity index (χ0n) is 18.2. The molecule has 0 atom stereocenters. The lowest BCUT2D eigenvalue weighted by molar-refractivity contribution is -0.116. The molecule has 0 aliphatic rings. The summed E-state index contributed by atoms with van der Waals surface area (Å²) in [7, 11) is 1.54. The number of furan rings is 1. The first-order valence-electron chi connectivity index (χ1n) is 10.5. The van der Waals surface area contributed by atoms with Crippen molar-refractivity contribution < 1.29 is 18.7 Å². The van der Waals surface area contributed by atoms with Crippen LogP contribution in [0.15, 0.2) is 82.5 Å². The number of aromatic nitrogens is 3. The van der Waals surface area contributed by atoms with Crippen molar-refractivity contribution in [3.63, 3.8) is 0 Å². The van der Waals surface area contributed by atoms with Crippen LogP contribution in [0.4, 0.5) is 5.69 Å². The second kappa shape index (κ2) is 9.07. The molecule has 0 aliphatic heterocycles. The van der Waals surface area contributed by atoms with Gasteiger partial charge in [-0.25, -0.2) is 4.98 Å². The van der Waals surface area contributed by atoms with Gasteiger partial charge in [-0.2, -0.15) is 0 Å². The van der Waals surface area contributed by atoms with Crippen LogP contribution in [-0.2, 0) is 17.9 Å². The highest BCUT2D eigenvalue weighted by atomic mass is 16.5. The first-order chi connectivity index (χ1) is 16.6. The Morgan fingerprint density at radius 2 is 2.00 bits per heavy atom. The molecule has 170 valence electrons. The summed E-state index contributed by atoms with van der Waals surface area (Å²) < 4.78 is 18.1. The van der Waals surface area contributed by atoms with E-state index >= 15 is 0 Å². The molecule has 3 heterocycles. The molecule has 0 unspecified atom stereocenters. The molecule has 3 aromatic heterocycles. The van der Waals surface area contributed by atoms with Gasteiger partial charge in [0.1, 0.15) is 24.3 Å². The standard InChI is InChI=1S/C25H20N4O5/c1-32-20-9-8-17(11-21(20)33-14-16-5-4-10-26-12-16)28-22(30)13-29-15-27-23-18-6-2-3-7-19(18)34-24(23)25(29)31/h2-12,15H,13-14H2,1H3,(H,28,30). The van der Waals surface area contributed by atoms with Crippen LogP contribution in [0.25, 0.3) is 22.1 Å². The molecule has 0 fully saturated rings. The maximum absolute atomic E-state index is 12.9. The summed E-state index contributed by atoms with van der Waals surface area (Å²) in [6.07, 6.45) is 4.75. The largest absolute Gasteiger partial charge is 0.493 e. The van der Waals surface area contributed by atoms with E-state index in [1.54, 1.807) is 36.7 Å². The summed E-state index contributed by atoms with van der Waals surface area (Å²) in [6, 6.07) is 16.0. The lowest BCUT2D eigenvalue weighted by Crippen LogP contribution is -2.27. The third kappa shape index (κ3) is 4.18. The highest BCUT2D eigenvalue weighted by Crippen LogP contribution is 2.31. The van der Waals surface area contributed by atoms with Crippen LogP contribution in [0.5, 0.6) is 11.5 Å². The first kappa shape index (κ1) is 21.2. The Bertz CT molecular complexity index is 1540. The number of hydrogen-bond donors (Lipinski definition) is 1. The van der Waals surface area contributed by atoms with Crippen LogP contribution in [0, 0.1) is 0 Å². The normalized spacial score (nSPS) is 11.0. The number of methoxy groups -OCH3 is 1. The molecule has 1 N–H and O–H groups in total. The molecule has 5 aromatic rings. The molecule has 0 spiro atoms. The maximum atomic E-state index is 12.9. The van der Waals surface area contributed by atoms with Gasteiger partial charge in [0.25, 0.3) is 5.56 Å². The number of para-hydroxylation sites is 1. The number of anilines is 1. The van der Waals surface area contributed by atoms with Crippen molar-refractivity contribution in [1.82, 2.24) is 14.5 Å². The number of nitrogens with zero attached hydrogens (tertiary/aromatic N) is 3. The van der Waals surface area contributed by atoms with Crippen LogP contribution in [-0.4, -0.2) is 27.6 Å². The molecule has 0 saturated carbocycles. The van der Waals surface area contributed by atoms with Crippen LogP contribution in [0.1, 0.15) is 5.56 Å². The predicted octanol–water partition coefficient (Wildman–Crippen LogP) is 3.76. The number of benzene rings is 2. The quantitative estimate of drug-likeness (QED) is 0.397. The maximum Gasteiger partial charge on any atom is 0.297 e. The Hall–Kier alpha value is -4.66. The summed E-state index contributed by atoms with van der Waals surface area (Å²) in [6.45, 7) is 0.0664. The summed E-state index contributed by atoms with van der Waals surface area (Å²) in [5.74, 6) is 0.590. The first-order valence-corrected chi connectivity index (χ1v) is 10.5. The number of fused-ring (bicyclic) bond motifs is 3. The fourth-order valence-electron chi connectivity index (χ4n) is 3.59. The monoisotopic (exact) mass is 456 g/mol. The van der Waals surface area contributed by atoms with E-state index in [1.165, 1.54) is 18.0 Å². The van der Waals surface area contributed by atoms with Crippen LogP contribution >= 0.6 is 0 Å². The molecule has 1 amide bonds. The number of rotatable bonds is 7. The van der Waals surface area contributed by atoms with Crippen LogP contribution in [0.2, 0.25) is 0 Å². The van der Waals surface area contributed by atoms with Gasteiger partial charge in [0.15, 0.2) is 11.5 Å². The number of ether oxygens (including phenoxy) is 2. The molecule has 2 aromatic carbocycles. The number of pyridine rings is 1. The van der Waals surface area contributed by atoms with Gasteiger partial charge in [-0.1, -0.05) is 18.2 Å². The molecule has 34 heavy (non-hydrogen) atoms. The Morgan fingerprint density at radius 1 is 1.12 bits per heavy atom. The predicted molar refractivity (Wildman–Crippen MR) is 126 cm³/mol. The fourth-order valence-corrected chi connectivity index (χ4v) is 3.59. The van der Waals surface area contributed by atoms with Crippen molar-refractivity contribution in [3.05, 3.63) is 89.2 Å². The van der Waals surface area contributed by atoms with Gasteiger partial charge < -0.3 is 19.2 Å². The minimum Gasteiger partial charge on any atom is -0.493 e. The van der Waals surface area contributed by atoms with Crippen molar-refractivity contribution in [2.45, 2.75) is 13.2 Å². The van der Waals surface area contributed by atoms with E-state index in [0.29, 0.717) is 34.9 Å². The highest BCUT2D eigenvalue weighted by molar-refractivity contribution is 6.01. The van der Waals surface area contributed by atoms with Crippen LogP contribution < -0.4 is 20.3 Å². The van der Waals surface area contributed by atoms with E-state index in [9.17, 15) is 9.59 Å². The van der Waals surface area contributed by atoms with Gasteiger partial charge in [0, 0.05) is 35.1 Å². The number of amides is 1. The number of nitrogens with one attached hydrogen (secondary N) is 1. The summed E-state index contributed by atoms with van der Waals surface area (Å²) >= 11 is 0. The van der Waals surface area contributed by atoms with E-state index in [1.807, 2.05) is 30.3 Å². The van der Waals surface area contributed by atoms with Crippen molar-refractivity contribution in [2.24, 2.45) is 0 Å². The Balaban J connectivity index is 1.33. The lowest BCUT2D eigenvalue weighted by Gasteiger charge is -2.13. The van der Waals surface area contributed by atoms with Gasteiger partial charge >= 0.3 is 0 Å². The van der Waals surface area contributed by atoms with E-state index < -0.39 is 11.5 Å². The van der Waals surface area contributed by atoms with E-state index in [-0.39, 0.29) is 12.1 Å². The highest BCUT2D eigenvalue weighted by Gasteiger charge is 2.15. The van der Waals surface area contributed by atoms with Gasteiger partial charge in [0.2, 0.25) is 11.5 Å². The van der Waals surface area contributed by atoms with Crippen molar-refractivity contribution >= 4 is 33.7 Å². The average molecular weight is 456 g/mol. The molecular weight excluding hydrogens is 436 g/mol. The van der Waals surface area contributed by atoms with Gasteiger partial charge in [-0.3, -0.25) is 19.1 Å². The van der Waals surface area contributed by atoms with Crippen LogP contribution in [0.3, 0.4) is 0 Å². The zero-order chi connectivity index (χ0) is 23.5.